The molecule has 0 N–H and O–H groups in total. The molecule has 0 aliphatic heterocycles. The van der Waals surface area contributed by atoms with E-state index in [1.165, 1.54) is 0 Å². The van der Waals surface area contributed by atoms with Crippen LogP contribution < -0.4 is 0 Å². The molecule has 136 valence electrons. The van der Waals surface area contributed by atoms with Crippen molar-refractivity contribution in [2.75, 3.05) is 0 Å². The summed E-state index contributed by atoms with van der Waals surface area (Å²) >= 11 is 1.03. The smallest absolute Gasteiger partial charge is 0.274 e. The summed E-state index contributed by atoms with van der Waals surface area (Å²) in [5.74, 6) is -0.976. The molecule has 2 aromatic rings. The van der Waals surface area contributed by atoms with Crippen molar-refractivity contribution in [3.05, 3.63) is 71.8 Å². The zero-order chi connectivity index (χ0) is 18.9. The number of nitrogens with zero attached hydrogens (tertiary/aromatic N) is 1. The molecule has 0 radical (unpaired) electrons. The molecule has 0 bridgehead atoms. The molecule has 0 spiro atoms. The molecule has 2 rings (SSSR count). The predicted molar refractivity (Wildman–Crippen MR) is 105 cm³/mol. The highest BCUT2D eigenvalue weighted by molar-refractivity contribution is 8.14. The molecule has 0 aliphatic carbocycles. The number of amides is 3. The molecule has 1 unspecified atom stereocenters. The molecular formula is C21H23NO3S. The van der Waals surface area contributed by atoms with Crippen molar-refractivity contribution in [3.63, 3.8) is 0 Å². The Morgan fingerprint density at radius 3 is 1.65 bits per heavy atom. The lowest BCUT2D eigenvalue weighted by Gasteiger charge is -2.20. The van der Waals surface area contributed by atoms with Gasteiger partial charge in [-0.25, -0.2) is 4.90 Å². The predicted octanol–water partition coefficient (Wildman–Crippen LogP) is 4.48. The standard InChI is InChI=1S/C21H23NO3S/c1-3-16(2)26-21(25)22(19(23)14-17-10-6-4-7-11-17)20(24)15-18-12-8-5-9-13-18/h4-13,16H,3,14-15H2,1-2H3. The lowest BCUT2D eigenvalue weighted by atomic mass is 10.1. The minimum Gasteiger partial charge on any atom is -0.274 e. The summed E-state index contributed by atoms with van der Waals surface area (Å²) < 4.78 is 0. The minimum atomic E-state index is -0.499. The summed E-state index contributed by atoms with van der Waals surface area (Å²) in [6.45, 7) is 3.87. The summed E-state index contributed by atoms with van der Waals surface area (Å²) in [6.07, 6.45) is 0.826. The molecular weight excluding hydrogens is 346 g/mol. The zero-order valence-electron chi connectivity index (χ0n) is 15.1. The van der Waals surface area contributed by atoms with Crippen molar-refractivity contribution in [1.29, 1.82) is 0 Å². The molecule has 0 saturated heterocycles. The van der Waals surface area contributed by atoms with Gasteiger partial charge < -0.3 is 0 Å². The highest BCUT2D eigenvalue weighted by Gasteiger charge is 2.29. The summed E-state index contributed by atoms with van der Waals surface area (Å²) in [4.78, 5) is 38.9. The van der Waals surface area contributed by atoms with Gasteiger partial charge in [-0.05, 0) is 17.5 Å². The second-order valence-corrected chi connectivity index (χ2v) is 7.44. The first-order chi connectivity index (χ1) is 12.5. The fourth-order valence-corrected chi connectivity index (χ4v) is 3.17. The van der Waals surface area contributed by atoms with Gasteiger partial charge in [-0.1, -0.05) is 86.3 Å². The zero-order valence-corrected chi connectivity index (χ0v) is 15.9. The number of benzene rings is 2. The normalized spacial score (nSPS) is 11.6. The molecule has 3 amide bonds. The summed E-state index contributed by atoms with van der Waals surface area (Å²) in [6, 6.07) is 18.3. The average Bonchev–Trinajstić information content (AvgIpc) is 2.63. The molecule has 4 nitrogen and oxygen atoms in total. The van der Waals surface area contributed by atoms with Gasteiger partial charge >= 0.3 is 0 Å². The maximum absolute atomic E-state index is 12.7. The van der Waals surface area contributed by atoms with E-state index in [9.17, 15) is 14.4 Å². The van der Waals surface area contributed by atoms with Crippen molar-refractivity contribution in [1.82, 2.24) is 4.90 Å². The average molecular weight is 369 g/mol. The Morgan fingerprint density at radius 2 is 1.27 bits per heavy atom. The number of hydrogen-bond donors (Lipinski definition) is 0. The maximum Gasteiger partial charge on any atom is 0.295 e. The monoisotopic (exact) mass is 369 g/mol. The van der Waals surface area contributed by atoms with E-state index in [1.54, 1.807) is 0 Å². The van der Waals surface area contributed by atoms with E-state index in [4.69, 9.17) is 0 Å². The lowest BCUT2D eigenvalue weighted by molar-refractivity contribution is -0.139. The molecule has 1 atom stereocenters. The van der Waals surface area contributed by atoms with Crippen LogP contribution in [-0.4, -0.2) is 27.2 Å². The summed E-state index contributed by atoms with van der Waals surface area (Å²) in [5, 5.41) is -0.458. The number of carbonyl (C=O) groups is 3. The number of thioether (sulfide) groups is 1. The Hall–Kier alpha value is -2.40. The lowest BCUT2D eigenvalue weighted by Crippen LogP contribution is -2.42. The fourth-order valence-electron chi connectivity index (χ4n) is 2.35. The quantitative estimate of drug-likeness (QED) is 0.753. The van der Waals surface area contributed by atoms with Crippen molar-refractivity contribution in [3.8, 4) is 0 Å². The molecule has 0 aliphatic rings. The van der Waals surface area contributed by atoms with Gasteiger partial charge in [0.05, 0.1) is 12.8 Å². The van der Waals surface area contributed by atoms with Crippen LogP contribution in [0.3, 0.4) is 0 Å². The van der Waals surface area contributed by atoms with Crippen molar-refractivity contribution in [2.45, 2.75) is 38.4 Å². The van der Waals surface area contributed by atoms with E-state index in [0.29, 0.717) is 0 Å². The molecule has 0 heterocycles. The van der Waals surface area contributed by atoms with Crippen molar-refractivity contribution < 1.29 is 14.4 Å². The van der Waals surface area contributed by atoms with Crippen LogP contribution in [-0.2, 0) is 22.4 Å². The van der Waals surface area contributed by atoms with Crippen LogP contribution >= 0.6 is 11.8 Å². The molecule has 2 aromatic carbocycles. The van der Waals surface area contributed by atoms with Crippen LogP contribution in [0.25, 0.3) is 0 Å². The van der Waals surface area contributed by atoms with Gasteiger partial charge in [0, 0.05) is 5.25 Å². The topological polar surface area (TPSA) is 54.5 Å². The fraction of sp³-hybridized carbons (Fsp3) is 0.286. The van der Waals surface area contributed by atoms with Crippen LogP contribution in [0.2, 0.25) is 0 Å². The van der Waals surface area contributed by atoms with Gasteiger partial charge in [-0.15, -0.1) is 0 Å². The molecule has 26 heavy (non-hydrogen) atoms. The molecule has 0 fully saturated rings. The molecule has 0 aromatic heterocycles. The molecule has 0 saturated carbocycles. The van der Waals surface area contributed by atoms with Crippen LogP contribution in [0.5, 0.6) is 0 Å². The largest absolute Gasteiger partial charge is 0.295 e. The Bertz CT molecular complexity index is 693. The van der Waals surface area contributed by atoms with E-state index in [2.05, 4.69) is 0 Å². The Kier molecular flexibility index (Phi) is 7.60. The highest BCUT2D eigenvalue weighted by Crippen LogP contribution is 2.20. The number of hydrogen-bond acceptors (Lipinski definition) is 4. The molecule has 5 heteroatoms. The first kappa shape index (κ1) is 19.9. The van der Waals surface area contributed by atoms with E-state index < -0.39 is 17.1 Å². The number of carbonyl (C=O) groups excluding carboxylic acids is 3. The SMILES string of the molecule is CCC(C)SC(=O)N(C(=O)Cc1ccccc1)C(=O)Cc1ccccc1. The van der Waals surface area contributed by atoms with Crippen LogP contribution in [0.15, 0.2) is 60.7 Å². The van der Waals surface area contributed by atoms with Crippen LogP contribution in [0, 0.1) is 0 Å². The summed E-state index contributed by atoms with van der Waals surface area (Å²) in [7, 11) is 0. The van der Waals surface area contributed by atoms with E-state index in [1.807, 2.05) is 74.5 Å². The van der Waals surface area contributed by atoms with Gasteiger partial charge in [0.25, 0.3) is 5.24 Å². The van der Waals surface area contributed by atoms with E-state index in [-0.39, 0.29) is 18.1 Å². The van der Waals surface area contributed by atoms with E-state index in [0.717, 1.165) is 34.2 Å². The van der Waals surface area contributed by atoms with E-state index >= 15 is 0 Å². The van der Waals surface area contributed by atoms with Crippen molar-refractivity contribution >= 4 is 28.8 Å². The maximum atomic E-state index is 12.7. The van der Waals surface area contributed by atoms with Crippen molar-refractivity contribution in [2.24, 2.45) is 0 Å². The first-order valence-electron chi connectivity index (χ1n) is 8.65. The van der Waals surface area contributed by atoms with Crippen LogP contribution in [0.1, 0.15) is 31.4 Å². The second kappa shape index (κ2) is 9.92. The first-order valence-corrected chi connectivity index (χ1v) is 9.53. The highest BCUT2D eigenvalue weighted by atomic mass is 32.2. The van der Waals surface area contributed by atoms with Gasteiger partial charge in [0.1, 0.15) is 0 Å². The Labute approximate surface area is 158 Å². The van der Waals surface area contributed by atoms with Crippen LogP contribution in [0.4, 0.5) is 4.79 Å². The summed E-state index contributed by atoms with van der Waals surface area (Å²) in [5.41, 5.74) is 1.55. The third-order valence-corrected chi connectivity index (χ3v) is 5.07. The van der Waals surface area contributed by atoms with Gasteiger partial charge in [-0.2, -0.15) is 0 Å². The van der Waals surface area contributed by atoms with Gasteiger partial charge in [0.2, 0.25) is 11.8 Å². The minimum absolute atomic E-state index is 0.0220. The number of rotatable bonds is 6. The Balaban J connectivity index is 2.18. The third-order valence-electron chi connectivity index (χ3n) is 3.95. The second-order valence-electron chi connectivity index (χ2n) is 6.05. The third kappa shape index (κ3) is 5.85. The Morgan fingerprint density at radius 1 is 0.846 bits per heavy atom. The van der Waals surface area contributed by atoms with Gasteiger partial charge in [-0.3, -0.25) is 14.4 Å². The number of imide groups is 3. The van der Waals surface area contributed by atoms with Gasteiger partial charge in [0.15, 0.2) is 0 Å².